The lowest BCUT2D eigenvalue weighted by Gasteiger charge is -2.09. The van der Waals surface area contributed by atoms with Crippen molar-refractivity contribution < 1.29 is 17.6 Å². The number of hydrogen-bond donors (Lipinski definition) is 4. The van der Waals surface area contributed by atoms with E-state index in [-0.39, 0.29) is 30.1 Å². The van der Waals surface area contributed by atoms with Crippen LogP contribution in [0.15, 0.2) is 23.1 Å². The van der Waals surface area contributed by atoms with Gasteiger partial charge in [-0.25, -0.2) is 22.3 Å². The molecule has 0 fully saturated rings. The average molecular weight is 314 g/mol. The van der Waals surface area contributed by atoms with Crippen LogP contribution in [0.1, 0.15) is 5.56 Å². The van der Waals surface area contributed by atoms with Gasteiger partial charge in [0, 0.05) is 18.7 Å². The van der Waals surface area contributed by atoms with E-state index in [0.717, 1.165) is 18.2 Å². The normalized spacial score (nSPS) is 10.6. The molecule has 114 valence electrons. The van der Waals surface area contributed by atoms with Gasteiger partial charge in [0.2, 0.25) is 10.0 Å². The highest BCUT2D eigenvalue weighted by Gasteiger charge is 2.17. The Labute approximate surface area is 121 Å². The zero-order valence-electron chi connectivity index (χ0n) is 11.0. The molecule has 0 heterocycles. The second-order valence-electron chi connectivity index (χ2n) is 3.84. The fourth-order valence-corrected chi connectivity index (χ4v) is 2.60. The van der Waals surface area contributed by atoms with E-state index in [1.54, 1.807) is 0 Å². The molecular formula is C12H15FN4O3S. The number of primary amides is 1. The molecule has 6 N–H and O–H groups in total. The van der Waals surface area contributed by atoms with E-state index in [2.05, 4.69) is 21.9 Å². The van der Waals surface area contributed by atoms with Crippen LogP contribution in [0.25, 0.3) is 0 Å². The Hall–Kier alpha value is -2.15. The molecule has 1 aromatic carbocycles. The van der Waals surface area contributed by atoms with E-state index in [1.165, 1.54) is 0 Å². The van der Waals surface area contributed by atoms with Gasteiger partial charge in [-0.3, -0.25) is 0 Å². The zero-order valence-corrected chi connectivity index (χ0v) is 11.8. The number of halogens is 1. The highest BCUT2D eigenvalue weighted by molar-refractivity contribution is 7.89. The Morgan fingerprint density at radius 2 is 2.05 bits per heavy atom. The first-order valence-electron chi connectivity index (χ1n) is 5.88. The van der Waals surface area contributed by atoms with Gasteiger partial charge in [0.05, 0.1) is 11.4 Å². The summed E-state index contributed by atoms with van der Waals surface area (Å²) in [7, 11) is -3.89. The third-order valence-electron chi connectivity index (χ3n) is 2.27. The summed E-state index contributed by atoms with van der Waals surface area (Å²) < 4.78 is 39.6. The molecule has 0 saturated heterocycles. The minimum atomic E-state index is -3.89. The molecule has 0 saturated carbocycles. The second-order valence-corrected chi connectivity index (χ2v) is 5.57. The van der Waals surface area contributed by atoms with E-state index < -0.39 is 21.9 Å². The number of nitrogens with one attached hydrogen (secondary N) is 2. The quantitative estimate of drug-likeness (QED) is 0.414. The lowest BCUT2D eigenvalue weighted by atomic mass is 10.2. The van der Waals surface area contributed by atoms with Crippen molar-refractivity contribution in [3.63, 3.8) is 0 Å². The molecule has 0 aliphatic heterocycles. The number of sulfonamides is 1. The molecule has 0 aliphatic carbocycles. The highest BCUT2D eigenvalue weighted by atomic mass is 32.2. The maximum atomic E-state index is 13.2. The molecule has 0 bridgehead atoms. The largest absolute Gasteiger partial charge is 0.352 e. The van der Waals surface area contributed by atoms with E-state index in [0.29, 0.717) is 0 Å². The number of rotatable bonds is 5. The average Bonchev–Trinajstić information content (AvgIpc) is 2.41. The fraction of sp³-hybridized carbons (Fsp3) is 0.250. The molecule has 0 radical (unpaired) electrons. The lowest BCUT2D eigenvalue weighted by molar-refractivity contribution is 0.249. The second kappa shape index (κ2) is 7.58. The maximum Gasteiger partial charge on any atom is 0.312 e. The summed E-state index contributed by atoms with van der Waals surface area (Å²) in [6, 6.07) is 2.38. The summed E-state index contributed by atoms with van der Waals surface area (Å²) in [5, 5.41) is 2.23. The van der Waals surface area contributed by atoms with Crippen molar-refractivity contribution >= 4 is 16.1 Å². The number of nitrogens with two attached hydrogens (primary N) is 2. The number of benzene rings is 1. The monoisotopic (exact) mass is 314 g/mol. The zero-order chi connectivity index (χ0) is 15.9. The van der Waals surface area contributed by atoms with Gasteiger partial charge in [0.25, 0.3) is 0 Å². The number of urea groups is 1. The minimum Gasteiger partial charge on any atom is -0.352 e. The Balaban J connectivity index is 2.94. The van der Waals surface area contributed by atoms with Gasteiger partial charge in [-0.2, -0.15) is 0 Å². The van der Waals surface area contributed by atoms with Crippen LogP contribution in [-0.2, 0) is 10.0 Å². The summed E-state index contributed by atoms with van der Waals surface area (Å²) >= 11 is 0. The van der Waals surface area contributed by atoms with Crippen molar-refractivity contribution in [2.24, 2.45) is 11.5 Å². The molecule has 21 heavy (non-hydrogen) atoms. The van der Waals surface area contributed by atoms with Crippen LogP contribution < -0.4 is 21.5 Å². The molecule has 7 nitrogen and oxygen atoms in total. The molecular weight excluding hydrogens is 299 g/mol. The molecule has 0 spiro atoms. The predicted molar refractivity (Wildman–Crippen MR) is 75.1 cm³/mol. The standard InChI is InChI=1S/C12H15FN4O3S/c13-10-3-4-11(9(8-10)2-1-5-14)21(19,20)17-7-6-16-12(15)18/h3-4,8,17H,5-7,14H2,(H3,15,16,18). The van der Waals surface area contributed by atoms with Gasteiger partial charge in [-0.15, -0.1) is 0 Å². The minimum absolute atomic E-state index is 0.0100. The van der Waals surface area contributed by atoms with E-state index in [9.17, 15) is 17.6 Å². The third-order valence-corrected chi connectivity index (χ3v) is 3.79. The van der Waals surface area contributed by atoms with Crippen molar-refractivity contribution in [1.82, 2.24) is 10.0 Å². The van der Waals surface area contributed by atoms with Crippen LogP contribution in [-0.4, -0.2) is 34.1 Å². The number of carbonyl (C=O) groups excluding carboxylic acids is 1. The summed E-state index contributed by atoms with van der Waals surface area (Å²) in [6.07, 6.45) is 0. The molecule has 0 atom stereocenters. The van der Waals surface area contributed by atoms with Crippen LogP contribution in [0.2, 0.25) is 0 Å². The summed E-state index contributed by atoms with van der Waals surface area (Å²) in [6.45, 7) is -0.0159. The first kappa shape index (κ1) is 16.9. The first-order valence-corrected chi connectivity index (χ1v) is 7.36. The Kier molecular flexibility index (Phi) is 6.10. The van der Waals surface area contributed by atoms with Crippen molar-refractivity contribution in [3.05, 3.63) is 29.6 Å². The molecule has 1 aromatic rings. The van der Waals surface area contributed by atoms with Gasteiger partial charge in [-0.05, 0) is 18.2 Å². The topological polar surface area (TPSA) is 127 Å². The van der Waals surface area contributed by atoms with Crippen molar-refractivity contribution in [2.75, 3.05) is 19.6 Å². The number of amides is 2. The van der Waals surface area contributed by atoms with Crippen LogP contribution in [0.5, 0.6) is 0 Å². The highest BCUT2D eigenvalue weighted by Crippen LogP contribution is 2.16. The molecule has 9 heteroatoms. The van der Waals surface area contributed by atoms with Crippen LogP contribution in [0.4, 0.5) is 9.18 Å². The van der Waals surface area contributed by atoms with Gasteiger partial charge < -0.3 is 16.8 Å². The summed E-state index contributed by atoms with van der Waals surface area (Å²) in [5.41, 5.74) is 10.1. The van der Waals surface area contributed by atoms with Gasteiger partial charge in [-0.1, -0.05) is 11.8 Å². The SMILES string of the molecule is NCC#Cc1cc(F)ccc1S(=O)(=O)NCCNC(N)=O. The van der Waals surface area contributed by atoms with Gasteiger partial charge in [0.15, 0.2) is 0 Å². The van der Waals surface area contributed by atoms with Crippen LogP contribution in [0, 0.1) is 17.7 Å². The van der Waals surface area contributed by atoms with E-state index >= 15 is 0 Å². The molecule has 2 amide bonds. The Bertz CT molecular complexity index is 679. The maximum absolute atomic E-state index is 13.2. The van der Waals surface area contributed by atoms with Crippen LogP contribution in [0.3, 0.4) is 0 Å². The van der Waals surface area contributed by atoms with E-state index in [1.807, 2.05) is 0 Å². The fourth-order valence-electron chi connectivity index (χ4n) is 1.43. The Morgan fingerprint density at radius 3 is 2.67 bits per heavy atom. The number of carbonyl (C=O) groups is 1. The third kappa shape index (κ3) is 5.39. The molecule has 1 rings (SSSR count). The van der Waals surface area contributed by atoms with E-state index in [4.69, 9.17) is 11.5 Å². The summed E-state index contributed by atoms with van der Waals surface area (Å²) in [4.78, 5) is 10.3. The van der Waals surface area contributed by atoms with Crippen molar-refractivity contribution in [3.8, 4) is 11.8 Å². The van der Waals surface area contributed by atoms with Gasteiger partial charge >= 0.3 is 6.03 Å². The smallest absolute Gasteiger partial charge is 0.312 e. The molecule has 0 unspecified atom stereocenters. The lowest BCUT2D eigenvalue weighted by Crippen LogP contribution is -2.37. The van der Waals surface area contributed by atoms with Crippen LogP contribution >= 0.6 is 0 Å². The predicted octanol–water partition coefficient (Wildman–Crippen LogP) is -0.917. The van der Waals surface area contributed by atoms with Gasteiger partial charge in [0.1, 0.15) is 5.82 Å². The van der Waals surface area contributed by atoms with Crippen molar-refractivity contribution in [2.45, 2.75) is 4.90 Å². The van der Waals surface area contributed by atoms with Crippen molar-refractivity contribution in [1.29, 1.82) is 0 Å². The Morgan fingerprint density at radius 1 is 1.33 bits per heavy atom. The summed E-state index contributed by atoms with van der Waals surface area (Å²) in [5.74, 6) is 4.37. The first-order chi connectivity index (χ1) is 9.86. The number of hydrogen-bond acceptors (Lipinski definition) is 4. The molecule has 0 aromatic heterocycles. The molecule has 0 aliphatic rings.